The molecule has 1 saturated carbocycles. The topological polar surface area (TPSA) is 0 Å². The van der Waals surface area contributed by atoms with E-state index < -0.39 is 0 Å². The molecule has 1 fully saturated rings. The Bertz CT molecular complexity index is 232. The van der Waals surface area contributed by atoms with Gasteiger partial charge in [-0.05, 0) is 37.0 Å². The standard InChI is InChI=1S/C11H18/c1-8-9-5-6-11(4,7-9)10(8,2)3/h5-7H2,1-4H3. The molecule has 0 radical (unpaired) electrons. The first-order chi connectivity index (χ1) is 4.97. The van der Waals surface area contributed by atoms with E-state index in [2.05, 4.69) is 27.7 Å². The first-order valence-corrected chi connectivity index (χ1v) is 4.66. The largest absolute Gasteiger partial charge is 0.0701 e. The van der Waals surface area contributed by atoms with Crippen molar-refractivity contribution in [1.29, 1.82) is 0 Å². The maximum Gasteiger partial charge on any atom is -0.00878 e. The summed E-state index contributed by atoms with van der Waals surface area (Å²) in [7, 11) is 0. The van der Waals surface area contributed by atoms with Gasteiger partial charge in [-0.3, -0.25) is 0 Å². The Morgan fingerprint density at radius 2 is 1.82 bits per heavy atom. The second-order valence-corrected chi connectivity index (χ2v) is 5.09. The summed E-state index contributed by atoms with van der Waals surface area (Å²) in [6, 6.07) is 0. The maximum absolute atomic E-state index is 2.45. The summed E-state index contributed by atoms with van der Waals surface area (Å²) in [4.78, 5) is 0. The summed E-state index contributed by atoms with van der Waals surface area (Å²) in [6.45, 7) is 9.61. The van der Waals surface area contributed by atoms with E-state index in [1.54, 1.807) is 11.1 Å². The van der Waals surface area contributed by atoms with E-state index in [1.165, 1.54) is 19.3 Å². The van der Waals surface area contributed by atoms with Crippen LogP contribution in [0.4, 0.5) is 0 Å². The van der Waals surface area contributed by atoms with Gasteiger partial charge in [0.2, 0.25) is 0 Å². The van der Waals surface area contributed by atoms with Crippen molar-refractivity contribution in [2.45, 2.75) is 47.0 Å². The van der Waals surface area contributed by atoms with Gasteiger partial charge in [-0.15, -0.1) is 0 Å². The van der Waals surface area contributed by atoms with Crippen molar-refractivity contribution in [2.24, 2.45) is 10.8 Å². The van der Waals surface area contributed by atoms with Crippen LogP contribution >= 0.6 is 0 Å². The molecule has 2 aliphatic carbocycles. The van der Waals surface area contributed by atoms with Gasteiger partial charge in [0, 0.05) is 0 Å². The smallest absolute Gasteiger partial charge is 0.00878 e. The highest BCUT2D eigenvalue weighted by Crippen LogP contribution is 2.63. The zero-order valence-electron chi connectivity index (χ0n) is 8.12. The van der Waals surface area contributed by atoms with Crippen molar-refractivity contribution >= 4 is 0 Å². The second-order valence-electron chi connectivity index (χ2n) is 5.09. The van der Waals surface area contributed by atoms with Gasteiger partial charge in [0.25, 0.3) is 0 Å². The lowest BCUT2D eigenvalue weighted by Crippen LogP contribution is -2.31. The summed E-state index contributed by atoms with van der Waals surface area (Å²) < 4.78 is 0. The van der Waals surface area contributed by atoms with Crippen LogP contribution < -0.4 is 0 Å². The molecule has 0 N–H and O–H groups in total. The first kappa shape index (κ1) is 7.39. The quantitative estimate of drug-likeness (QED) is 0.463. The summed E-state index contributed by atoms with van der Waals surface area (Å²) in [5.41, 5.74) is 4.54. The zero-order chi connectivity index (χ0) is 8.28. The molecular weight excluding hydrogens is 132 g/mol. The van der Waals surface area contributed by atoms with Gasteiger partial charge in [0.05, 0.1) is 0 Å². The lowest BCUT2D eigenvalue weighted by molar-refractivity contribution is 0.151. The highest BCUT2D eigenvalue weighted by atomic mass is 14.6. The van der Waals surface area contributed by atoms with Crippen LogP contribution in [0.5, 0.6) is 0 Å². The van der Waals surface area contributed by atoms with Crippen molar-refractivity contribution in [3.8, 4) is 0 Å². The summed E-state index contributed by atoms with van der Waals surface area (Å²) in [5, 5.41) is 0. The van der Waals surface area contributed by atoms with Gasteiger partial charge in [-0.1, -0.05) is 31.9 Å². The minimum absolute atomic E-state index is 0.487. The van der Waals surface area contributed by atoms with Crippen LogP contribution in [-0.4, -0.2) is 0 Å². The molecule has 0 spiro atoms. The lowest BCUT2D eigenvalue weighted by Gasteiger charge is -2.40. The molecule has 0 aliphatic heterocycles. The molecule has 0 saturated heterocycles. The predicted molar refractivity (Wildman–Crippen MR) is 48.4 cm³/mol. The number of allylic oxidation sites excluding steroid dienone is 2. The third-order valence-corrected chi connectivity index (χ3v) is 4.56. The average Bonchev–Trinajstić information content (AvgIpc) is 2.36. The third kappa shape index (κ3) is 0.660. The number of hydrogen-bond acceptors (Lipinski definition) is 0. The first-order valence-electron chi connectivity index (χ1n) is 4.66. The Morgan fingerprint density at radius 1 is 1.18 bits per heavy atom. The molecule has 2 aliphatic rings. The Hall–Kier alpha value is -0.260. The van der Waals surface area contributed by atoms with Crippen molar-refractivity contribution in [3.05, 3.63) is 11.1 Å². The third-order valence-electron chi connectivity index (χ3n) is 4.56. The highest BCUT2D eigenvalue weighted by Gasteiger charge is 2.51. The zero-order valence-corrected chi connectivity index (χ0v) is 8.12. The fourth-order valence-electron chi connectivity index (χ4n) is 2.82. The van der Waals surface area contributed by atoms with Gasteiger partial charge in [0.15, 0.2) is 0 Å². The van der Waals surface area contributed by atoms with Crippen LogP contribution in [0.25, 0.3) is 0 Å². The Kier molecular flexibility index (Phi) is 1.16. The summed E-state index contributed by atoms with van der Waals surface area (Å²) in [5.74, 6) is 0. The van der Waals surface area contributed by atoms with Crippen molar-refractivity contribution < 1.29 is 0 Å². The minimum Gasteiger partial charge on any atom is -0.0701 e. The SMILES string of the molecule is CC1=C2CCC(C)(C2)C1(C)C. The van der Waals surface area contributed by atoms with E-state index in [1.807, 2.05) is 0 Å². The molecule has 0 nitrogen and oxygen atoms in total. The van der Waals surface area contributed by atoms with Gasteiger partial charge in [0.1, 0.15) is 0 Å². The monoisotopic (exact) mass is 150 g/mol. The van der Waals surface area contributed by atoms with E-state index >= 15 is 0 Å². The molecule has 2 rings (SSSR count). The molecule has 0 amide bonds. The molecule has 0 aromatic carbocycles. The fourth-order valence-corrected chi connectivity index (χ4v) is 2.82. The lowest BCUT2D eigenvalue weighted by atomic mass is 9.64. The molecule has 2 bridgehead atoms. The van der Waals surface area contributed by atoms with E-state index in [9.17, 15) is 0 Å². The number of fused-ring (bicyclic) bond motifs is 2. The minimum atomic E-state index is 0.487. The van der Waals surface area contributed by atoms with Crippen LogP contribution in [-0.2, 0) is 0 Å². The van der Waals surface area contributed by atoms with E-state index in [-0.39, 0.29) is 0 Å². The van der Waals surface area contributed by atoms with Crippen LogP contribution in [0.2, 0.25) is 0 Å². The molecule has 0 heterocycles. The van der Waals surface area contributed by atoms with Crippen LogP contribution in [0.15, 0.2) is 11.1 Å². The Labute approximate surface area is 69.7 Å². The predicted octanol–water partition coefficient (Wildman–Crippen LogP) is 3.53. The molecule has 0 aromatic heterocycles. The maximum atomic E-state index is 2.45. The number of hydrogen-bond donors (Lipinski definition) is 0. The highest BCUT2D eigenvalue weighted by molar-refractivity contribution is 5.34. The summed E-state index contributed by atoms with van der Waals surface area (Å²) >= 11 is 0. The molecule has 11 heavy (non-hydrogen) atoms. The average molecular weight is 150 g/mol. The molecule has 0 aromatic rings. The Morgan fingerprint density at radius 3 is 2.09 bits per heavy atom. The molecule has 0 heteroatoms. The fraction of sp³-hybridized carbons (Fsp3) is 0.818. The van der Waals surface area contributed by atoms with Crippen molar-refractivity contribution in [3.63, 3.8) is 0 Å². The van der Waals surface area contributed by atoms with Gasteiger partial charge in [-0.25, -0.2) is 0 Å². The van der Waals surface area contributed by atoms with Crippen LogP contribution in [0.3, 0.4) is 0 Å². The molecule has 1 atom stereocenters. The Balaban J connectivity index is 2.52. The van der Waals surface area contributed by atoms with Gasteiger partial charge >= 0.3 is 0 Å². The van der Waals surface area contributed by atoms with Crippen molar-refractivity contribution in [2.75, 3.05) is 0 Å². The van der Waals surface area contributed by atoms with E-state index in [4.69, 9.17) is 0 Å². The molecular formula is C11H18. The van der Waals surface area contributed by atoms with Crippen LogP contribution in [0.1, 0.15) is 47.0 Å². The molecule has 1 unspecified atom stereocenters. The van der Waals surface area contributed by atoms with E-state index in [0.717, 1.165) is 0 Å². The van der Waals surface area contributed by atoms with Gasteiger partial charge in [-0.2, -0.15) is 0 Å². The van der Waals surface area contributed by atoms with E-state index in [0.29, 0.717) is 10.8 Å². The molecule has 62 valence electrons. The summed E-state index contributed by atoms with van der Waals surface area (Å²) in [6.07, 6.45) is 4.18. The van der Waals surface area contributed by atoms with Gasteiger partial charge < -0.3 is 0 Å². The van der Waals surface area contributed by atoms with Crippen LogP contribution in [0, 0.1) is 10.8 Å². The van der Waals surface area contributed by atoms with Crippen molar-refractivity contribution in [1.82, 2.24) is 0 Å². The second kappa shape index (κ2) is 1.73. The number of rotatable bonds is 0. The normalized spacial score (nSPS) is 40.4.